The van der Waals surface area contributed by atoms with E-state index >= 15 is 0 Å². The molecule has 0 unspecified atom stereocenters. The summed E-state index contributed by atoms with van der Waals surface area (Å²) in [5.41, 5.74) is 5.93. The van der Waals surface area contributed by atoms with Gasteiger partial charge in [-0.25, -0.2) is 0 Å². The number of hydrogen-bond donors (Lipinski definition) is 3. The second kappa shape index (κ2) is 4.63. The van der Waals surface area contributed by atoms with Gasteiger partial charge in [0.1, 0.15) is 0 Å². The molecule has 4 N–H and O–H groups in total. The highest BCUT2D eigenvalue weighted by molar-refractivity contribution is 5.98. The zero-order chi connectivity index (χ0) is 12.4. The summed E-state index contributed by atoms with van der Waals surface area (Å²) in [5.74, 6) is -0.467. The van der Waals surface area contributed by atoms with E-state index in [1.54, 1.807) is 11.0 Å². The Morgan fingerprint density at radius 3 is 2.94 bits per heavy atom. The van der Waals surface area contributed by atoms with Crippen LogP contribution < -0.4 is 5.73 Å². The molecule has 0 aliphatic carbocycles. The Bertz CT molecular complexity index is 434. The van der Waals surface area contributed by atoms with Crippen molar-refractivity contribution in [2.75, 3.05) is 18.8 Å². The van der Waals surface area contributed by atoms with Gasteiger partial charge in [0.15, 0.2) is 5.75 Å². The van der Waals surface area contributed by atoms with Crippen molar-refractivity contribution in [1.82, 2.24) is 4.90 Å². The van der Waals surface area contributed by atoms with Crippen molar-refractivity contribution in [1.29, 1.82) is 0 Å². The number of aliphatic hydroxyl groups is 1. The van der Waals surface area contributed by atoms with Crippen LogP contribution in [0.3, 0.4) is 0 Å². The van der Waals surface area contributed by atoms with Crippen LogP contribution in [0.4, 0.5) is 5.69 Å². The average Bonchev–Trinajstić information content (AvgIpc) is 2.32. The van der Waals surface area contributed by atoms with Crippen molar-refractivity contribution in [2.45, 2.75) is 18.9 Å². The lowest BCUT2D eigenvalue weighted by atomic mass is 10.1. The summed E-state index contributed by atoms with van der Waals surface area (Å²) in [5, 5.41) is 19.2. The van der Waals surface area contributed by atoms with Crippen LogP contribution in [-0.4, -0.2) is 40.2 Å². The molecule has 5 heteroatoms. The van der Waals surface area contributed by atoms with E-state index in [1.807, 2.05) is 0 Å². The molecule has 1 atom stereocenters. The van der Waals surface area contributed by atoms with Gasteiger partial charge in [-0.1, -0.05) is 6.07 Å². The number of anilines is 1. The number of carbonyl (C=O) groups excluding carboxylic acids is 1. The van der Waals surface area contributed by atoms with Gasteiger partial charge in [0.25, 0.3) is 5.91 Å². The molecule has 2 rings (SSSR count). The topological polar surface area (TPSA) is 86.8 Å². The fourth-order valence-corrected chi connectivity index (χ4v) is 2.04. The normalized spacial score (nSPS) is 20.3. The predicted molar refractivity (Wildman–Crippen MR) is 63.7 cm³/mol. The number of aromatic hydroxyl groups is 1. The first-order valence-electron chi connectivity index (χ1n) is 5.64. The number of carbonyl (C=O) groups is 1. The van der Waals surface area contributed by atoms with Crippen molar-refractivity contribution < 1.29 is 15.0 Å². The summed E-state index contributed by atoms with van der Waals surface area (Å²) in [6, 6.07) is 4.70. The number of benzene rings is 1. The highest BCUT2D eigenvalue weighted by Crippen LogP contribution is 2.26. The largest absolute Gasteiger partial charge is 0.505 e. The van der Waals surface area contributed by atoms with Gasteiger partial charge >= 0.3 is 0 Å². The van der Waals surface area contributed by atoms with E-state index in [1.165, 1.54) is 12.1 Å². The summed E-state index contributed by atoms with van der Waals surface area (Å²) in [4.78, 5) is 13.7. The van der Waals surface area contributed by atoms with E-state index < -0.39 is 6.10 Å². The van der Waals surface area contributed by atoms with E-state index in [2.05, 4.69) is 0 Å². The minimum absolute atomic E-state index is 0.183. The number of aliphatic hydroxyl groups excluding tert-OH is 1. The monoisotopic (exact) mass is 236 g/mol. The fraction of sp³-hybridized carbons (Fsp3) is 0.417. The van der Waals surface area contributed by atoms with E-state index in [9.17, 15) is 15.0 Å². The van der Waals surface area contributed by atoms with E-state index in [0.29, 0.717) is 19.5 Å². The van der Waals surface area contributed by atoms with Crippen molar-refractivity contribution in [3.8, 4) is 5.75 Å². The zero-order valence-corrected chi connectivity index (χ0v) is 9.47. The highest BCUT2D eigenvalue weighted by atomic mass is 16.3. The molecule has 1 heterocycles. The molecule has 0 aromatic heterocycles. The number of hydrogen-bond acceptors (Lipinski definition) is 4. The molecule has 1 fully saturated rings. The number of piperidine rings is 1. The molecule has 1 aliphatic rings. The third-order valence-electron chi connectivity index (χ3n) is 2.98. The third kappa shape index (κ3) is 2.34. The van der Waals surface area contributed by atoms with Gasteiger partial charge < -0.3 is 20.8 Å². The number of nitrogens with zero attached hydrogens (tertiary/aromatic N) is 1. The summed E-state index contributed by atoms with van der Waals surface area (Å²) < 4.78 is 0. The maximum atomic E-state index is 12.1. The lowest BCUT2D eigenvalue weighted by Crippen LogP contribution is -2.42. The number of phenolic OH excluding ortho intramolecular Hbond substituents is 1. The Labute approximate surface area is 99.5 Å². The highest BCUT2D eigenvalue weighted by Gasteiger charge is 2.25. The Balaban J connectivity index is 2.22. The molecular weight excluding hydrogens is 220 g/mol. The molecule has 0 bridgehead atoms. The molecule has 5 nitrogen and oxygen atoms in total. The number of rotatable bonds is 1. The van der Waals surface area contributed by atoms with Gasteiger partial charge in [0, 0.05) is 13.1 Å². The second-order valence-electron chi connectivity index (χ2n) is 4.29. The summed E-state index contributed by atoms with van der Waals surface area (Å²) in [6.45, 7) is 0.914. The van der Waals surface area contributed by atoms with Crippen LogP contribution in [0.5, 0.6) is 5.75 Å². The molecule has 17 heavy (non-hydrogen) atoms. The summed E-state index contributed by atoms with van der Waals surface area (Å²) >= 11 is 0. The lowest BCUT2D eigenvalue weighted by Gasteiger charge is -2.30. The van der Waals surface area contributed by atoms with Crippen LogP contribution in [0.1, 0.15) is 23.2 Å². The number of β-amino-alcohol motifs (C(OH)–C–C–N with tert-alkyl or cyclic N) is 1. The van der Waals surface area contributed by atoms with E-state index in [4.69, 9.17) is 5.73 Å². The number of nitrogen functional groups attached to an aromatic ring is 1. The molecule has 92 valence electrons. The number of likely N-dealkylation sites (tertiary alicyclic amines) is 1. The van der Waals surface area contributed by atoms with Gasteiger partial charge in [-0.15, -0.1) is 0 Å². The molecule has 1 saturated heterocycles. The summed E-state index contributed by atoms with van der Waals surface area (Å²) in [7, 11) is 0. The molecule has 1 aromatic rings. The molecule has 0 saturated carbocycles. The number of phenols is 1. The molecule has 0 radical (unpaired) electrons. The maximum absolute atomic E-state index is 12.1. The first kappa shape index (κ1) is 11.7. The van der Waals surface area contributed by atoms with Crippen molar-refractivity contribution >= 4 is 11.6 Å². The molecule has 1 amide bonds. The van der Waals surface area contributed by atoms with Crippen LogP contribution >= 0.6 is 0 Å². The minimum atomic E-state index is -0.476. The van der Waals surface area contributed by atoms with Gasteiger partial charge in [0.2, 0.25) is 0 Å². The lowest BCUT2D eigenvalue weighted by molar-refractivity contribution is 0.0471. The van der Waals surface area contributed by atoms with Gasteiger partial charge in [-0.3, -0.25) is 4.79 Å². The predicted octanol–water partition coefficient (Wildman–Crippen LogP) is 0.571. The Morgan fingerprint density at radius 1 is 1.47 bits per heavy atom. The quantitative estimate of drug-likeness (QED) is 0.491. The Hall–Kier alpha value is -1.75. The number of amides is 1. The van der Waals surface area contributed by atoms with Crippen LogP contribution in [0, 0.1) is 0 Å². The minimum Gasteiger partial charge on any atom is -0.505 e. The first-order valence-corrected chi connectivity index (χ1v) is 5.64. The molecule has 1 aliphatic heterocycles. The van der Waals surface area contributed by atoms with Gasteiger partial charge in [-0.05, 0) is 25.0 Å². The summed E-state index contributed by atoms with van der Waals surface area (Å²) in [6.07, 6.45) is 1.01. The molecule has 1 aromatic carbocycles. The maximum Gasteiger partial charge on any atom is 0.257 e. The number of nitrogens with two attached hydrogens (primary N) is 1. The Kier molecular flexibility index (Phi) is 3.19. The Morgan fingerprint density at radius 2 is 2.24 bits per heavy atom. The smallest absolute Gasteiger partial charge is 0.257 e. The standard InChI is InChI=1S/C12H16N2O3/c13-10-5-1-4-9(11(10)16)12(17)14-6-2-3-8(15)7-14/h1,4-5,8,15-16H,2-3,6-7,13H2/t8-/m0/s1. The van der Waals surface area contributed by atoms with Crippen molar-refractivity contribution in [3.63, 3.8) is 0 Å². The van der Waals surface area contributed by atoms with Crippen molar-refractivity contribution in [2.24, 2.45) is 0 Å². The molecule has 0 spiro atoms. The second-order valence-corrected chi connectivity index (χ2v) is 4.29. The van der Waals surface area contributed by atoms with E-state index in [-0.39, 0.29) is 22.9 Å². The fourth-order valence-electron chi connectivity index (χ4n) is 2.04. The van der Waals surface area contributed by atoms with Crippen molar-refractivity contribution in [3.05, 3.63) is 23.8 Å². The van der Waals surface area contributed by atoms with Crippen LogP contribution in [0.15, 0.2) is 18.2 Å². The zero-order valence-electron chi connectivity index (χ0n) is 9.47. The molecular formula is C12H16N2O3. The SMILES string of the molecule is Nc1cccc(C(=O)N2CCC[C@H](O)C2)c1O. The van der Waals surface area contributed by atoms with Gasteiger partial charge in [0.05, 0.1) is 17.4 Å². The van der Waals surface area contributed by atoms with Crippen LogP contribution in [0.25, 0.3) is 0 Å². The first-order chi connectivity index (χ1) is 8.09. The van der Waals surface area contributed by atoms with Crippen LogP contribution in [-0.2, 0) is 0 Å². The van der Waals surface area contributed by atoms with E-state index in [0.717, 1.165) is 6.42 Å². The van der Waals surface area contributed by atoms with Gasteiger partial charge in [-0.2, -0.15) is 0 Å². The average molecular weight is 236 g/mol. The third-order valence-corrected chi connectivity index (χ3v) is 2.98. The number of para-hydroxylation sites is 1. The van der Waals surface area contributed by atoms with Crippen LogP contribution in [0.2, 0.25) is 0 Å².